The van der Waals surface area contributed by atoms with Crippen LogP contribution < -0.4 is 10.6 Å². The van der Waals surface area contributed by atoms with E-state index >= 15 is 0 Å². The van der Waals surface area contributed by atoms with Crippen LogP contribution >= 0.6 is 11.3 Å². The quantitative estimate of drug-likeness (QED) is 0.864. The highest BCUT2D eigenvalue weighted by molar-refractivity contribution is 7.13. The van der Waals surface area contributed by atoms with Gasteiger partial charge in [-0.25, -0.2) is 4.98 Å². The van der Waals surface area contributed by atoms with E-state index < -0.39 is 0 Å². The number of carbonyl (C=O) groups excluding carboxylic acids is 1. The standard InChI is InChI=1S/C11H15N3O2S/c12-10(15)3-1-2-9-8-17-11(13-9)14-4-6-16-7-5-14/h1-2,8H,3-7H2,(H2,12,15). The smallest absolute Gasteiger partial charge is 0.221 e. The maximum atomic E-state index is 10.6. The van der Waals surface area contributed by atoms with E-state index in [2.05, 4.69) is 9.88 Å². The second-order valence-corrected chi connectivity index (χ2v) is 4.56. The van der Waals surface area contributed by atoms with Crippen molar-refractivity contribution in [3.63, 3.8) is 0 Å². The van der Waals surface area contributed by atoms with Gasteiger partial charge in [-0.2, -0.15) is 0 Å². The molecule has 6 heteroatoms. The number of morpholine rings is 1. The van der Waals surface area contributed by atoms with E-state index in [0.717, 1.165) is 37.1 Å². The van der Waals surface area contributed by atoms with Crippen LogP contribution in [0.4, 0.5) is 5.13 Å². The van der Waals surface area contributed by atoms with Crippen molar-refractivity contribution in [3.05, 3.63) is 17.2 Å². The number of amides is 1. The summed E-state index contributed by atoms with van der Waals surface area (Å²) in [5.74, 6) is -0.329. The Morgan fingerprint density at radius 3 is 3.06 bits per heavy atom. The number of ether oxygens (including phenoxy) is 1. The summed E-state index contributed by atoms with van der Waals surface area (Å²) in [5, 5.41) is 2.98. The average Bonchev–Trinajstić information content (AvgIpc) is 2.78. The molecule has 1 amide bonds. The molecule has 17 heavy (non-hydrogen) atoms. The molecule has 5 nitrogen and oxygen atoms in total. The van der Waals surface area contributed by atoms with Crippen molar-refractivity contribution in [2.45, 2.75) is 6.42 Å². The molecule has 1 aliphatic rings. The highest BCUT2D eigenvalue weighted by atomic mass is 32.1. The first-order valence-electron chi connectivity index (χ1n) is 5.49. The van der Waals surface area contributed by atoms with Gasteiger partial charge in [-0.3, -0.25) is 4.79 Å². The zero-order valence-electron chi connectivity index (χ0n) is 9.46. The fraction of sp³-hybridized carbons (Fsp3) is 0.455. The maximum Gasteiger partial charge on any atom is 0.221 e. The Morgan fingerprint density at radius 1 is 1.59 bits per heavy atom. The van der Waals surface area contributed by atoms with Gasteiger partial charge < -0.3 is 15.4 Å². The van der Waals surface area contributed by atoms with Crippen LogP contribution in [0, 0.1) is 0 Å². The number of nitrogens with two attached hydrogens (primary N) is 1. The summed E-state index contributed by atoms with van der Waals surface area (Å²) in [6.07, 6.45) is 3.82. The molecule has 0 radical (unpaired) electrons. The molecule has 92 valence electrons. The van der Waals surface area contributed by atoms with Crippen LogP contribution in [0.1, 0.15) is 12.1 Å². The molecule has 1 saturated heterocycles. The van der Waals surface area contributed by atoms with Crippen molar-refractivity contribution in [3.8, 4) is 0 Å². The van der Waals surface area contributed by atoms with Crippen molar-refractivity contribution in [1.82, 2.24) is 4.98 Å². The van der Waals surface area contributed by atoms with Crippen molar-refractivity contribution >= 4 is 28.5 Å². The molecule has 0 aliphatic carbocycles. The van der Waals surface area contributed by atoms with Gasteiger partial charge in [0.15, 0.2) is 5.13 Å². The van der Waals surface area contributed by atoms with Gasteiger partial charge in [0.25, 0.3) is 0 Å². The first-order chi connectivity index (χ1) is 8.25. The summed E-state index contributed by atoms with van der Waals surface area (Å²) in [4.78, 5) is 17.3. The number of primary amides is 1. The number of nitrogens with zero attached hydrogens (tertiary/aromatic N) is 2. The van der Waals surface area contributed by atoms with Crippen molar-refractivity contribution in [1.29, 1.82) is 0 Å². The zero-order chi connectivity index (χ0) is 12.1. The molecule has 1 fully saturated rings. The Bertz CT molecular complexity index is 411. The molecular weight excluding hydrogens is 238 g/mol. The summed E-state index contributed by atoms with van der Waals surface area (Å²) < 4.78 is 5.29. The van der Waals surface area contributed by atoms with E-state index in [1.165, 1.54) is 0 Å². The predicted octanol–water partition coefficient (Wildman–Crippen LogP) is 0.868. The average molecular weight is 253 g/mol. The van der Waals surface area contributed by atoms with Gasteiger partial charge in [-0.1, -0.05) is 6.08 Å². The minimum atomic E-state index is -0.329. The molecule has 0 saturated carbocycles. The van der Waals surface area contributed by atoms with Crippen LogP contribution in [-0.2, 0) is 9.53 Å². The Kier molecular flexibility index (Phi) is 4.11. The van der Waals surface area contributed by atoms with Crippen molar-refractivity contribution in [2.75, 3.05) is 31.2 Å². The minimum absolute atomic E-state index is 0.254. The van der Waals surface area contributed by atoms with Gasteiger partial charge in [0.05, 0.1) is 18.9 Å². The molecule has 0 spiro atoms. The highest BCUT2D eigenvalue weighted by Gasteiger charge is 2.13. The summed E-state index contributed by atoms with van der Waals surface area (Å²) >= 11 is 1.61. The number of rotatable bonds is 4. The van der Waals surface area contributed by atoms with Crippen LogP contribution in [0.2, 0.25) is 0 Å². The lowest BCUT2D eigenvalue weighted by Gasteiger charge is -2.25. The molecule has 2 N–H and O–H groups in total. The van der Waals surface area contributed by atoms with Gasteiger partial charge in [0.2, 0.25) is 5.91 Å². The Hall–Kier alpha value is -1.40. The fourth-order valence-electron chi connectivity index (χ4n) is 1.55. The number of thiazole rings is 1. The molecule has 2 rings (SSSR count). The van der Waals surface area contributed by atoms with Gasteiger partial charge in [-0.15, -0.1) is 11.3 Å². The van der Waals surface area contributed by atoms with Crippen LogP contribution in [-0.4, -0.2) is 37.2 Å². The van der Waals surface area contributed by atoms with Crippen molar-refractivity contribution in [2.24, 2.45) is 5.73 Å². The Morgan fingerprint density at radius 2 is 2.35 bits per heavy atom. The second kappa shape index (κ2) is 5.79. The van der Waals surface area contributed by atoms with E-state index in [0.29, 0.717) is 0 Å². The highest BCUT2D eigenvalue weighted by Crippen LogP contribution is 2.22. The number of hydrogen-bond acceptors (Lipinski definition) is 5. The lowest BCUT2D eigenvalue weighted by Crippen LogP contribution is -2.36. The van der Waals surface area contributed by atoms with Gasteiger partial charge in [-0.05, 0) is 6.08 Å². The third-order valence-corrected chi connectivity index (χ3v) is 3.32. The first-order valence-corrected chi connectivity index (χ1v) is 6.37. The number of anilines is 1. The van der Waals surface area contributed by atoms with Crippen LogP contribution in [0.25, 0.3) is 6.08 Å². The van der Waals surface area contributed by atoms with Crippen molar-refractivity contribution < 1.29 is 9.53 Å². The zero-order valence-corrected chi connectivity index (χ0v) is 10.3. The number of hydrogen-bond donors (Lipinski definition) is 1. The Balaban J connectivity index is 1.95. The summed E-state index contributed by atoms with van der Waals surface area (Å²) in [7, 11) is 0. The lowest BCUT2D eigenvalue weighted by molar-refractivity contribution is -0.117. The predicted molar refractivity (Wildman–Crippen MR) is 68.0 cm³/mol. The van der Waals surface area contributed by atoms with E-state index in [4.69, 9.17) is 10.5 Å². The summed E-state index contributed by atoms with van der Waals surface area (Å²) in [6.45, 7) is 3.29. The van der Waals surface area contributed by atoms with Gasteiger partial charge in [0, 0.05) is 24.9 Å². The normalized spacial score (nSPS) is 16.6. The molecule has 0 bridgehead atoms. The Labute approximate surface area is 104 Å². The topological polar surface area (TPSA) is 68.5 Å². The van der Waals surface area contributed by atoms with Gasteiger partial charge in [0.1, 0.15) is 0 Å². The molecule has 0 atom stereocenters. The largest absolute Gasteiger partial charge is 0.378 e. The van der Waals surface area contributed by atoms with Gasteiger partial charge >= 0.3 is 0 Å². The number of aromatic nitrogens is 1. The van der Waals surface area contributed by atoms with Crippen LogP contribution in [0.15, 0.2) is 11.5 Å². The van der Waals surface area contributed by atoms with Crippen LogP contribution in [0.5, 0.6) is 0 Å². The molecule has 1 aliphatic heterocycles. The SMILES string of the molecule is NC(=O)CC=Cc1csc(N2CCOCC2)n1. The monoisotopic (exact) mass is 253 g/mol. The molecule has 2 heterocycles. The number of carbonyl (C=O) groups is 1. The molecule has 1 aromatic heterocycles. The molecule has 1 aromatic rings. The third-order valence-electron chi connectivity index (χ3n) is 2.40. The molecule has 0 unspecified atom stereocenters. The van der Waals surface area contributed by atoms with E-state index in [-0.39, 0.29) is 12.3 Å². The maximum absolute atomic E-state index is 10.6. The van der Waals surface area contributed by atoms with E-state index in [1.54, 1.807) is 17.4 Å². The molecular formula is C11H15N3O2S. The lowest BCUT2D eigenvalue weighted by atomic mass is 10.3. The van der Waals surface area contributed by atoms with E-state index in [9.17, 15) is 4.79 Å². The molecule has 0 aromatic carbocycles. The minimum Gasteiger partial charge on any atom is -0.378 e. The fourth-order valence-corrected chi connectivity index (χ4v) is 2.40. The van der Waals surface area contributed by atoms with Crippen LogP contribution in [0.3, 0.4) is 0 Å². The first kappa shape index (κ1) is 12.1. The summed E-state index contributed by atoms with van der Waals surface area (Å²) in [6, 6.07) is 0. The summed E-state index contributed by atoms with van der Waals surface area (Å²) in [5.41, 5.74) is 5.92. The third kappa shape index (κ3) is 3.54. The second-order valence-electron chi connectivity index (χ2n) is 3.73. The van der Waals surface area contributed by atoms with E-state index in [1.807, 2.05) is 11.5 Å².